The zero-order valence-electron chi connectivity index (χ0n) is 13.9. The van der Waals surface area contributed by atoms with E-state index in [9.17, 15) is 4.79 Å². The Morgan fingerprint density at radius 1 is 1.29 bits per heavy atom. The van der Waals surface area contributed by atoms with Crippen LogP contribution in [-0.4, -0.2) is 35.4 Å². The van der Waals surface area contributed by atoms with Gasteiger partial charge in [-0.05, 0) is 49.9 Å². The number of hydrogen-bond acceptors (Lipinski definition) is 4. The highest BCUT2D eigenvalue weighted by Crippen LogP contribution is 2.52. The summed E-state index contributed by atoms with van der Waals surface area (Å²) in [6.07, 6.45) is 7.06. The van der Waals surface area contributed by atoms with E-state index in [1.165, 1.54) is 31.4 Å². The molecule has 0 radical (unpaired) electrons. The first-order valence-corrected chi connectivity index (χ1v) is 8.90. The van der Waals surface area contributed by atoms with E-state index >= 15 is 0 Å². The summed E-state index contributed by atoms with van der Waals surface area (Å²) in [4.78, 5) is 12.3. The van der Waals surface area contributed by atoms with Gasteiger partial charge in [0.25, 0.3) is 0 Å². The summed E-state index contributed by atoms with van der Waals surface area (Å²) >= 11 is 0. The molecule has 6 nitrogen and oxygen atoms in total. The SMILES string of the molecule is Cl.NC(C(=O)Nc1cc(C2CC3CCC2C3)[nH]n1)C1CCOCC1. The van der Waals surface area contributed by atoms with Crippen LogP contribution < -0.4 is 11.1 Å². The van der Waals surface area contributed by atoms with Gasteiger partial charge in [0.2, 0.25) is 5.91 Å². The minimum atomic E-state index is -0.485. The summed E-state index contributed by atoms with van der Waals surface area (Å²) in [5.74, 6) is 2.96. The number of carbonyl (C=O) groups is 1. The van der Waals surface area contributed by atoms with Crippen LogP contribution in [0.15, 0.2) is 6.07 Å². The molecule has 4 unspecified atom stereocenters. The molecule has 4 N–H and O–H groups in total. The van der Waals surface area contributed by atoms with Crippen LogP contribution in [0.4, 0.5) is 5.82 Å². The fourth-order valence-corrected chi connectivity index (χ4v) is 4.71. The first-order valence-electron chi connectivity index (χ1n) is 8.90. The Morgan fingerprint density at radius 2 is 2.08 bits per heavy atom. The van der Waals surface area contributed by atoms with Crippen molar-refractivity contribution in [1.29, 1.82) is 0 Å². The summed E-state index contributed by atoms with van der Waals surface area (Å²) in [6.45, 7) is 1.39. The summed E-state index contributed by atoms with van der Waals surface area (Å²) in [5.41, 5.74) is 7.29. The minimum Gasteiger partial charge on any atom is -0.381 e. The second kappa shape index (κ2) is 7.42. The van der Waals surface area contributed by atoms with Crippen molar-refractivity contribution in [3.05, 3.63) is 11.8 Å². The van der Waals surface area contributed by atoms with Gasteiger partial charge in [0.05, 0.1) is 6.04 Å². The molecule has 134 valence electrons. The topological polar surface area (TPSA) is 93.0 Å². The molecule has 2 heterocycles. The Hall–Kier alpha value is -1.11. The van der Waals surface area contributed by atoms with Crippen LogP contribution in [-0.2, 0) is 9.53 Å². The second-order valence-corrected chi connectivity index (χ2v) is 7.45. The molecule has 4 rings (SSSR count). The monoisotopic (exact) mass is 354 g/mol. The number of amides is 1. The maximum atomic E-state index is 12.3. The average Bonchev–Trinajstić information content (AvgIpc) is 3.31. The Balaban J connectivity index is 0.00000169. The number of carbonyl (C=O) groups excluding carboxylic acids is 1. The number of fused-ring (bicyclic) bond motifs is 2. The third-order valence-electron chi connectivity index (χ3n) is 6.06. The van der Waals surface area contributed by atoms with Crippen LogP contribution in [0.2, 0.25) is 0 Å². The van der Waals surface area contributed by atoms with E-state index in [0.717, 1.165) is 24.7 Å². The maximum Gasteiger partial charge on any atom is 0.242 e. The van der Waals surface area contributed by atoms with Gasteiger partial charge in [0, 0.05) is 30.9 Å². The van der Waals surface area contributed by atoms with Crippen molar-refractivity contribution in [1.82, 2.24) is 10.2 Å². The number of anilines is 1. The fourth-order valence-electron chi connectivity index (χ4n) is 4.71. The molecule has 7 heteroatoms. The van der Waals surface area contributed by atoms with Gasteiger partial charge in [0.1, 0.15) is 0 Å². The lowest BCUT2D eigenvalue weighted by molar-refractivity contribution is -0.119. The summed E-state index contributed by atoms with van der Waals surface area (Å²) < 4.78 is 5.33. The molecule has 4 atom stereocenters. The molecule has 1 amide bonds. The van der Waals surface area contributed by atoms with Crippen molar-refractivity contribution in [3.8, 4) is 0 Å². The highest BCUT2D eigenvalue weighted by molar-refractivity contribution is 5.94. The normalized spacial score (nSPS) is 30.8. The number of nitrogens with one attached hydrogen (secondary N) is 2. The quantitative estimate of drug-likeness (QED) is 0.774. The first-order chi connectivity index (χ1) is 11.2. The standard InChI is InChI=1S/C17H26N4O2.ClH/c18-16(11-3-5-23-6-4-11)17(22)19-15-9-14(20-21-15)13-8-10-1-2-12(13)7-10;/h9-13,16H,1-8,18H2,(H2,19,20,21,22);1H. The average molecular weight is 355 g/mol. The molecular weight excluding hydrogens is 328 g/mol. The number of H-pyrrole nitrogens is 1. The third kappa shape index (κ3) is 3.46. The number of ether oxygens (including phenoxy) is 1. The van der Waals surface area contributed by atoms with Crippen LogP contribution in [0, 0.1) is 17.8 Å². The van der Waals surface area contributed by atoms with Gasteiger partial charge in [0.15, 0.2) is 5.82 Å². The third-order valence-corrected chi connectivity index (χ3v) is 6.06. The van der Waals surface area contributed by atoms with Crippen LogP contribution in [0.1, 0.15) is 50.1 Å². The number of halogens is 1. The second-order valence-electron chi connectivity index (χ2n) is 7.45. The molecular formula is C17H27ClN4O2. The summed E-state index contributed by atoms with van der Waals surface area (Å²) in [7, 11) is 0. The highest BCUT2D eigenvalue weighted by Gasteiger charge is 2.41. The van der Waals surface area contributed by atoms with E-state index < -0.39 is 6.04 Å². The number of hydrogen-bond donors (Lipinski definition) is 3. The number of aromatic nitrogens is 2. The van der Waals surface area contributed by atoms with Crippen molar-refractivity contribution in [2.24, 2.45) is 23.5 Å². The summed E-state index contributed by atoms with van der Waals surface area (Å²) in [6, 6.07) is 1.52. The van der Waals surface area contributed by atoms with Crippen LogP contribution >= 0.6 is 12.4 Å². The van der Waals surface area contributed by atoms with E-state index in [0.29, 0.717) is 24.9 Å². The van der Waals surface area contributed by atoms with Crippen LogP contribution in [0.5, 0.6) is 0 Å². The Labute approximate surface area is 148 Å². The molecule has 3 aliphatic rings. The highest BCUT2D eigenvalue weighted by atomic mass is 35.5. The lowest BCUT2D eigenvalue weighted by atomic mass is 9.86. The van der Waals surface area contributed by atoms with E-state index in [1.54, 1.807) is 0 Å². The number of aromatic amines is 1. The molecule has 1 saturated heterocycles. The Bertz CT molecular complexity index is 573. The first kappa shape index (κ1) is 17.7. The van der Waals surface area contributed by atoms with E-state index in [-0.39, 0.29) is 24.2 Å². The van der Waals surface area contributed by atoms with E-state index in [4.69, 9.17) is 10.5 Å². The molecule has 2 bridgehead atoms. The molecule has 2 aliphatic carbocycles. The molecule has 24 heavy (non-hydrogen) atoms. The van der Waals surface area contributed by atoms with Gasteiger partial charge in [-0.25, -0.2) is 0 Å². The fraction of sp³-hybridized carbons (Fsp3) is 0.765. The van der Waals surface area contributed by atoms with Crippen LogP contribution in [0.25, 0.3) is 0 Å². The van der Waals surface area contributed by atoms with Crippen molar-refractivity contribution in [2.75, 3.05) is 18.5 Å². The van der Waals surface area contributed by atoms with Gasteiger partial charge in [-0.3, -0.25) is 9.89 Å². The van der Waals surface area contributed by atoms with Gasteiger partial charge in [-0.15, -0.1) is 12.4 Å². The number of nitrogens with zero attached hydrogens (tertiary/aromatic N) is 1. The van der Waals surface area contributed by atoms with Gasteiger partial charge in [-0.1, -0.05) is 6.42 Å². The molecule has 0 aromatic carbocycles. The molecule has 1 aromatic heterocycles. The van der Waals surface area contributed by atoms with Crippen LogP contribution in [0.3, 0.4) is 0 Å². The lowest BCUT2D eigenvalue weighted by Crippen LogP contribution is -2.44. The van der Waals surface area contributed by atoms with Gasteiger partial charge in [-0.2, -0.15) is 5.10 Å². The lowest BCUT2D eigenvalue weighted by Gasteiger charge is -2.26. The predicted molar refractivity (Wildman–Crippen MR) is 94.2 cm³/mol. The van der Waals surface area contributed by atoms with Crippen molar-refractivity contribution >= 4 is 24.1 Å². The number of nitrogens with two attached hydrogens (primary N) is 1. The smallest absolute Gasteiger partial charge is 0.242 e. The van der Waals surface area contributed by atoms with Crippen molar-refractivity contribution in [3.63, 3.8) is 0 Å². The van der Waals surface area contributed by atoms with E-state index in [1.807, 2.05) is 6.07 Å². The number of rotatable bonds is 4. The maximum absolute atomic E-state index is 12.3. The Kier molecular flexibility index (Phi) is 5.47. The van der Waals surface area contributed by atoms with Crippen molar-refractivity contribution < 1.29 is 9.53 Å². The van der Waals surface area contributed by atoms with Crippen molar-refractivity contribution in [2.45, 2.75) is 50.5 Å². The van der Waals surface area contributed by atoms with Gasteiger partial charge < -0.3 is 15.8 Å². The molecule has 0 spiro atoms. The van der Waals surface area contributed by atoms with E-state index in [2.05, 4.69) is 15.5 Å². The predicted octanol–water partition coefficient (Wildman–Crippen LogP) is 2.43. The molecule has 2 saturated carbocycles. The zero-order chi connectivity index (χ0) is 15.8. The zero-order valence-corrected chi connectivity index (χ0v) is 14.7. The largest absolute Gasteiger partial charge is 0.381 e. The molecule has 1 aliphatic heterocycles. The molecule has 1 aromatic rings. The summed E-state index contributed by atoms with van der Waals surface area (Å²) in [5, 5.41) is 10.3. The Morgan fingerprint density at radius 3 is 2.75 bits per heavy atom. The molecule has 3 fully saturated rings. The van der Waals surface area contributed by atoms with Gasteiger partial charge >= 0.3 is 0 Å². The minimum absolute atomic E-state index is 0.